The van der Waals surface area contributed by atoms with Crippen molar-refractivity contribution < 1.29 is 17.9 Å². The predicted octanol–water partition coefficient (Wildman–Crippen LogP) is 3.92. The maximum Gasteiger partial charge on any atom is 0.244 e. The van der Waals surface area contributed by atoms with Gasteiger partial charge < -0.3 is 10.1 Å². The van der Waals surface area contributed by atoms with Gasteiger partial charge in [-0.1, -0.05) is 29.8 Å². The summed E-state index contributed by atoms with van der Waals surface area (Å²) >= 11 is 6.12. The van der Waals surface area contributed by atoms with E-state index in [0.717, 1.165) is 18.6 Å². The number of halogens is 1. The van der Waals surface area contributed by atoms with Gasteiger partial charge in [0.05, 0.1) is 11.6 Å². The van der Waals surface area contributed by atoms with Gasteiger partial charge in [0.25, 0.3) is 0 Å². The van der Waals surface area contributed by atoms with Gasteiger partial charge in [-0.05, 0) is 49.6 Å². The fraction of sp³-hybridized carbons (Fsp3) is 0.350. The first-order valence-corrected chi connectivity index (χ1v) is 11.1. The van der Waals surface area contributed by atoms with Gasteiger partial charge in [0.1, 0.15) is 10.6 Å². The number of rotatable bonds is 8. The number of nitrogens with one attached hydrogen (secondary N) is 1. The van der Waals surface area contributed by atoms with Crippen LogP contribution in [0.2, 0.25) is 5.02 Å². The standard InChI is InChI=1S/C20H23ClN2O4S/c21-18-11-10-16(15-19(18)28(25,26)23-12-4-5-13-23)22-20(24)9-6-14-27-17-7-2-1-3-8-17/h1-3,7-8,10-11,15H,4-6,9,12-14H2,(H,22,24). The Morgan fingerprint density at radius 1 is 1.11 bits per heavy atom. The molecule has 8 heteroatoms. The minimum Gasteiger partial charge on any atom is -0.494 e. The van der Waals surface area contributed by atoms with Crippen molar-refractivity contribution in [3.8, 4) is 5.75 Å². The molecule has 0 aliphatic carbocycles. The van der Waals surface area contributed by atoms with E-state index in [4.69, 9.17) is 16.3 Å². The van der Waals surface area contributed by atoms with E-state index >= 15 is 0 Å². The topological polar surface area (TPSA) is 75.7 Å². The molecule has 6 nitrogen and oxygen atoms in total. The highest BCUT2D eigenvalue weighted by atomic mass is 35.5. The number of ether oxygens (including phenoxy) is 1. The Hall–Kier alpha value is -2.09. The van der Waals surface area contributed by atoms with Crippen molar-refractivity contribution in [1.29, 1.82) is 0 Å². The molecule has 2 aromatic carbocycles. The molecule has 0 atom stereocenters. The first-order chi connectivity index (χ1) is 13.5. The lowest BCUT2D eigenvalue weighted by Gasteiger charge is -2.17. The smallest absolute Gasteiger partial charge is 0.244 e. The average Bonchev–Trinajstić information content (AvgIpc) is 3.23. The van der Waals surface area contributed by atoms with Gasteiger partial charge in [0, 0.05) is 25.2 Å². The number of nitrogens with zero attached hydrogens (tertiary/aromatic N) is 1. The monoisotopic (exact) mass is 422 g/mol. The molecule has 0 bridgehead atoms. The molecule has 0 saturated carbocycles. The van der Waals surface area contributed by atoms with Crippen LogP contribution in [-0.4, -0.2) is 38.3 Å². The molecule has 28 heavy (non-hydrogen) atoms. The molecule has 2 aromatic rings. The third-order valence-electron chi connectivity index (χ3n) is 4.46. The average molecular weight is 423 g/mol. The molecule has 1 saturated heterocycles. The van der Waals surface area contributed by atoms with E-state index in [2.05, 4.69) is 5.32 Å². The minimum absolute atomic E-state index is 0.0290. The maximum atomic E-state index is 12.8. The second-order valence-corrected chi connectivity index (χ2v) is 8.88. The fourth-order valence-corrected chi connectivity index (χ4v) is 5.03. The summed E-state index contributed by atoms with van der Waals surface area (Å²) in [6.07, 6.45) is 2.51. The zero-order valence-corrected chi connectivity index (χ0v) is 17.0. The van der Waals surface area contributed by atoms with Gasteiger partial charge in [0.2, 0.25) is 15.9 Å². The van der Waals surface area contributed by atoms with Crippen molar-refractivity contribution in [3.63, 3.8) is 0 Å². The Kier molecular flexibility index (Phi) is 6.93. The van der Waals surface area contributed by atoms with E-state index in [1.165, 1.54) is 16.4 Å². The fourth-order valence-electron chi connectivity index (χ4n) is 3.01. The van der Waals surface area contributed by atoms with Crippen LogP contribution >= 0.6 is 11.6 Å². The highest BCUT2D eigenvalue weighted by Gasteiger charge is 2.29. The SMILES string of the molecule is O=C(CCCOc1ccccc1)Nc1ccc(Cl)c(S(=O)(=O)N2CCCC2)c1. The van der Waals surface area contributed by atoms with Crippen LogP contribution in [0.1, 0.15) is 25.7 Å². The van der Waals surface area contributed by atoms with Crippen molar-refractivity contribution in [1.82, 2.24) is 4.31 Å². The molecule has 1 amide bonds. The van der Waals surface area contributed by atoms with E-state index in [1.807, 2.05) is 30.3 Å². The summed E-state index contributed by atoms with van der Waals surface area (Å²) in [7, 11) is -3.65. The van der Waals surface area contributed by atoms with Gasteiger partial charge in [-0.25, -0.2) is 8.42 Å². The number of amides is 1. The van der Waals surface area contributed by atoms with Gasteiger partial charge in [0.15, 0.2) is 0 Å². The van der Waals surface area contributed by atoms with Crippen molar-refractivity contribution in [2.75, 3.05) is 25.0 Å². The number of para-hydroxylation sites is 1. The van der Waals surface area contributed by atoms with Crippen LogP contribution in [0.4, 0.5) is 5.69 Å². The van der Waals surface area contributed by atoms with Gasteiger partial charge >= 0.3 is 0 Å². The molecular formula is C20H23ClN2O4S. The molecule has 0 radical (unpaired) electrons. The quantitative estimate of drug-likeness (QED) is 0.654. The molecule has 1 N–H and O–H groups in total. The summed E-state index contributed by atoms with van der Waals surface area (Å²) in [5.41, 5.74) is 0.413. The Balaban J connectivity index is 1.56. The number of carbonyl (C=O) groups excluding carboxylic acids is 1. The van der Waals surface area contributed by atoms with Crippen molar-refractivity contribution in [3.05, 3.63) is 53.6 Å². The summed E-state index contributed by atoms with van der Waals surface area (Å²) in [5, 5.41) is 2.89. The molecule has 0 spiro atoms. The minimum atomic E-state index is -3.65. The Bertz CT molecular complexity index is 913. The maximum absolute atomic E-state index is 12.8. The number of sulfonamides is 1. The number of hydrogen-bond donors (Lipinski definition) is 1. The first kappa shape index (κ1) is 20.6. The summed E-state index contributed by atoms with van der Waals surface area (Å²) in [6, 6.07) is 13.9. The summed E-state index contributed by atoms with van der Waals surface area (Å²) in [6.45, 7) is 1.42. The molecule has 0 unspecified atom stereocenters. The molecule has 150 valence electrons. The van der Waals surface area contributed by atoms with Crippen LogP contribution in [0.5, 0.6) is 5.75 Å². The van der Waals surface area contributed by atoms with E-state index in [-0.39, 0.29) is 22.2 Å². The Labute approximate surface area is 170 Å². The summed E-state index contributed by atoms with van der Waals surface area (Å²) in [4.78, 5) is 12.2. The highest BCUT2D eigenvalue weighted by Crippen LogP contribution is 2.29. The van der Waals surface area contributed by atoms with E-state index < -0.39 is 10.0 Å². The summed E-state index contributed by atoms with van der Waals surface area (Å²) in [5.74, 6) is 0.556. The Morgan fingerprint density at radius 2 is 1.82 bits per heavy atom. The zero-order chi connectivity index (χ0) is 20.0. The molecular weight excluding hydrogens is 400 g/mol. The number of carbonyl (C=O) groups is 1. The van der Waals surface area contributed by atoms with E-state index in [0.29, 0.717) is 31.8 Å². The van der Waals surface area contributed by atoms with E-state index in [9.17, 15) is 13.2 Å². The van der Waals surface area contributed by atoms with Crippen molar-refractivity contribution in [2.24, 2.45) is 0 Å². The Morgan fingerprint density at radius 3 is 2.54 bits per heavy atom. The number of hydrogen-bond acceptors (Lipinski definition) is 4. The van der Waals surface area contributed by atoms with Crippen LogP contribution in [-0.2, 0) is 14.8 Å². The van der Waals surface area contributed by atoms with Crippen LogP contribution in [0.3, 0.4) is 0 Å². The van der Waals surface area contributed by atoms with Gasteiger partial charge in [-0.3, -0.25) is 4.79 Å². The lowest BCUT2D eigenvalue weighted by atomic mass is 10.2. The lowest BCUT2D eigenvalue weighted by Crippen LogP contribution is -2.28. The molecule has 0 aromatic heterocycles. The van der Waals surface area contributed by atoms with Gasteiger partial charge in [-0.15, -0.1) is 0 Å². The summed E-state index contributed by atoms with van der Waals surface area (Å²) < 4.78 is 32.5. The third kappa shape index (κ3) is 5.25. The van der Waals surface area contributed by atoms with Crippen LogP contribution in [0.25, 0.3) is 0 Å². The molecule has 1 aliphatic heterocycles. The second kappa shape index (κ2) is 9.41. The predicted molar refractivity (Wildman–Crippen MR) is 109 cm³/mol. The molecule has 1 aliphatic rings. The molecule has 1 fully saturated rings. The zero-order valence-electron chi connectivity index (χ0n) is 15.4. The second-order valence-electron chi connectivity index (χ2n) is 6.57. The van der Waals surface area contributed by atoms with Crippen molar-refractivity contribution >= 4 is 33.2 Å². The van der Waals surface area contributed by atoms with Gasteiger partial charge in [-0.2, -0.15) is 4.31 Å². The van der Waals surface area contributed by atoms with Crippen molar-refractivity contribution in [2.45, 2.75) is 30.6 Å². The molecule has 3 rings (SSSR count). The normalized spacial score (nSPS) is 14.8. The first-order valence-electron chi connectivity index (χ1n) is 9.24. The third-order valence-corrected chi connectivity index (χ3v) is 6.84. The highest BCUT2D eigenvalue weighted by molar-refractivity contribution is 7.89. The van der Waals surface area contributed by atoms with E-state index in [1.54, 1.807) is 6.07 Å². The lowest BCUT2D eigenvalue weighted by molar-refractivity contribution is -0.116. The largest absolute Gasteiger partial charge is 0.494 e. The van der Waals surface area contributed by atoms with Crippen LogP contribution < -0.4 is 10.1 Å². The van der Waals surface area contributed by atoms with Crippen LogP contribution in [0.15, 0.2) is 53.4 Å². The number of anilines is 1. The van der Waals surface area contributed by atoms with Crippen LogP contribution in [0, 0.1) is 0 Å². The number of benzene rings is 2. The molecule has 1 heterocycles.